The van der Waals surface area contributed by atoms with Crippen LogP contribution in [0.15, 0.2) is 69.9 Å². The number of ether oxygens (including phenoxy) is 2. The van der Waals surface area contributed by atoms with Crippen LogP contribution in [0.25, 0.3) is 21.5 Å². The molecule has 0 saturated carbocycles. The number of halogens is 3. The molecule has 2 aromatic heterocycles. The Labute approximate surface area is 196 Å². The lowest BCUT2D eigenvalue weighted by atomic mass is 10.2. The summed E-state index contributed by atoms with van der Waals surface area (Å²) >= 11 is 12.7. The number of hydrogen-bond donors (Lipinski definition) is 0. The van der Waals surface area contributed by atoms with Crippen LogP contribution < -0.4 is 4.74 Å². The topological polar surface area (TPSA) is 44.2 Å². The predicted molar refractivity (Wildman–Crippen MR) is 128 cm³/mol. The molecule has 0 radical (unpaired) electrons. The maximum Gasteiger partial charge on any atom is 0.221 e. The van der Waals surface area contributed by atoms with Gasteiger partial charge < -0.3 is 9.47 Å². The Balaban J connectivity index is 0.000000158. The molecule has 0 spiro atoms. The Morgan fingerprint density at radius 1 is 0.933 bits per heavy atom. The summed E-state index contributed by atoms with van der Waals surface area (Å²) < 4.78 is 13.5. The lowest BCUT2D eigenvalue weighted by Gasteiger charge is -2.12. The van der Waals surface area contributed by atoms with E-state index in [1.807, 2.05) is 42.5 Å². The Kier molecular flexibility index (Phi) is 7.20. The minimum absolute atomic E-state index is 0.220. The lowest BCUT2D eigenvalue weighted by Crippen LogP contribution is -2.16. The second-order valence-corrected chi connectivity index (χ2v) is 9.08. The zero-order valence-electron chi connectivity index (χ0n) is 16.0. The summed E-state index contributed by atoms with van der Waals surface area (Å²) in [4.78, 5) is 8.29. The van der Waals surface area contributed by atoms with Crippen LogP contribution in [0.1, 0.15) is 12.8 Å². The first kappa shape index (κ1) is 21.5. The molecule has 7 heteroatoms. The van der Waals surface area contributed by atoms with E-state index in [2.05, 4.69) is 47.9 Å². The van der Waals surface area contributed by atoms with Gasteiger partial charge in [0.05, 0.1) is 6.10 Å². The maximum atomic E-state index is 5.88. The molecule has 3 heterocycles. The lowest BCUT2D eigenvalue weighted by molar-refractivity contribution is 0.0669. The van der Waals surface area contributed by atoms with Crippen molar-refractivity contribution in [2.24, 2.45) is 0 Å². The van der Waals surface area contributed by atoms with Crippen molar-refractivity contribution >= 4 is 65.0 Å². The van der Waals surface area contributed by atoms with E-state index in [1.165, 1.54) is 0 Å². The van der Waals surface area contributed by atoms with Gasteiger partial charge >= 0.3 is 0 Å². The highest BCUT2D eigenvalue weighted by Gasteiger charge is 2.16. The highest BCUT2D eigenvalue weighted by molar-refractivity contribution is 9.10. The first-order valence-corrected chi connectivity index (χ1v) is 11.5. The van der Waals surface area contributed by atoms with Crippen molar-refractivity contribution in [2.45, 2.75) is 18.9 Å². The van der Waals surface area contributed by atoms with Gasteiger partial charge in [-0.3, -0.25) is 0 Å². The second-order valence-electron chi connectivity index (χ2n) is 6.89. The van der Waals surface area contributed by atoms with Crippen LogP contribution in [0.4, 0.5) is 0 Å². The number of nitrogens with zero attached hydrogens (tertiary/aromatic N) is 2. The van der Waals surface area contributed by atoms with E-state index < -0.39 is 0 Å². The smallest absolute Gasteiger partial charge is 0.221 e. The van der Waals surface area contributed by atoms with Gasteiger partial charge in [-0.1, -0.05) is 49.5 Å². The molecule has 4 nitrogen and oxygen atoms in total. The summed E-state index contributed by atoms with van der Waals surface area (Å²) in [6.07, 6.45) is 5.91. The first-order valence-electron chi connectivity index (χ1n) is 9.58. The second kappa shape index (κ2) is 10.1. The van der Waals surface area contributed by atoms with E-state index in [9.17, 15) is 0 Å². The molecule has 1 aliphatic heterocycles. The molecule has 0 N–H and O–H groups in total. The zero-order valence-corrected chi connectivity index (χ0v) is 20.0. The average molecular weight is 551 g/mol. The third kappa shape index (κ3) is 5.30. The van der Waals surface area contributed by atoms with Crippen molar-refractivity contribution in [1.82, 2.24) is 9.97 Å². The summed E-state index contributed by atoms with van der Waals surface area (Å²) in [6, 6.07) is 15.9. The van der Waals surface area contributed by atoms with Crippen LogP contribution in [0.5, 0.6) is 5.88 Å². The van der Waals surface area contributed by atoms with Gasteiger partial charge in [0.2, 0.25) is 5.88 Å². The largest absolute Gasteiger partial charge is 0.474 e. The number of pyridine rings is 2. The standard InChI is InChI=1S/C14H14BrNO2.C9H5BrClN/c15-11-3-4-13-10(8-11)5-6-16-14(13)18-9-12-2-1-7-17-12;10-7-1-2-8-6(5-7)3-4-12-9(8)11/h3-6,8,12H,1-2,7,9H2;1-5H. The van der Waals surface area contributed by atoms with Crippen molar-refractivity contribution in [3.63, 3.8) is 0 Å². The summed E-state index contributed by atoms with van der Waals surface area (Å²) in [5.41, 5.74) is 0. The van der Waals surface area contributed by atoms with E-state index in [4.69, 9.17) is 21.1 Å². The van der Waals surface area contributed by atoms with E-state index in [0.717, 1.165) is 49.9 Å². The minimum Gasteiger partial charge on any atom is -0.474 e. The SMILES string of the molecule is Brc1ccc2c(OCC3CCCO3)nccc2c1.Clc1nccc2cc(Br)ccc12. The van der Waals surface area contributed by atoms with Crippen LogP contribution in [-0.2, 0) is 4.74 Å². The van der Waals surface area contributed by atoms with E-state index >= 15 is 0 Å². The number of aromatic nitrogens is 2. The maximum absolute atomic E-state index is 5.88. The third-order valence-corrected chi connectivity index (χ3v) is 6.09. The predicted octanol–water partition coefficient (Wildman–Crippen LogP) is 7.21. The first-order chi connectivity index (χ1) is 14.6. The molecule has 5 rings (SSSR count). The number of hydrogen-bond acceptors (Lipinski definition) is 4. The van der Waals surface area contributed by atoms with Gasteiger partial charge in [0.25, 0.3) is 0 Å². The van der Waals surface area contributed by atoms with Gasteiger partial charge in [-0.05, 0) is 66.1 Å². The summed E-state index contributed by atoms with van der Waals surface area (Å²) in [5, 5.41) is 4.81. The van der Waals surface area contributed by atoms with E-state index in [0.29, 0.717) is 17.6 Å². The van der Waals surface area contributed by atoms with E-state index in [-0.39, 0.29) is 6.10 Å². The molecule has 0 amide bonds. The zero-order chi connectivity index (χ0) is 20.9. The van der Waals surface area contributed by atoms with Crippen LogP contribution in [0.3, 0.4) is 0 Å². The average Bonchev–Trinajstić information content (AvgIpc) is 3.26. The Bertz CT molecular complexity index is 1170. The number of fused-ring (bicyclic) bond motifs is 2. The van der Waals surface area contributed by atoms with Crippen molar-refractivity contribution < 1.29 is 9.47 Å². The molecule has 1 unspecified atom stereocenters. The Morgan fingerprint density at radius 2 is 1.60 bits per heavy atom. The van der Waals surface area contributed by atoms with Crippen LogP contribution in [0.2, 0.25) is 5.15 Å². The fourth-order valence-electron chi connectivity index (χ4n) is 3.30. The molecule has 30 heavy (non-hydrogen) atoms. The van der Waals surface area contributed by atoms with Crippen LogP contribution in [-0.4, -0.2) is 29.3 Å². The van der Waals surface area contributed by atoms with Crippen LogP contribution >= 0.6 is 43.5 Å². The number of rotatable bonds is 3. The molecule has 1 aliphatic rings. The third-order valence-electron chi connectivity index (χ3n) is 4.80. The highest BCUT2D eigenvalue weighted by atomic mass is 79.9. The Morgan fingerprint density at radius 3 is 2.30 bits per heavy atom. The monoisotopic (exact) mass is 548 g/mol. The summed E-state index contributed by atoms with van der Waals surface area (Å²) in [7, 11) is 0. The van der Waals surface area contributed by atoms with Gasteiger partial charge in [-0.2, -0.15) is 0 Å². The van der Waals surface area contributed by atoms with Gasteiger partial charge in [-0.25, -0.2) is 9.97 Å². The highest BCUT2D eigenvalue weighted by Crippen LogP contribution is 2.27. The minimum atomic E-state index is 0.220. The van der Waals surface area contributed by atoms with Crippen molar-refractivity contribution in [2.75, 3.05) is 13.2 Å². The molecule has 1 atom stereocenters. The molecule has 154 valence electrons. The van der Waals surface area contributed by atoms with Crippen molar-refractivity contribution in [3.8, 4) is 5.88 Å². The quantitative estimate of drug-likeness (QED) is 0.253. The van der Waals surface area contributed by atoms with Crippen LogP contribution in [0, 0.1) is 0 Å². The normalized spacial score (nSPS) is 15.8. The summed E-state index contributed by atoms with van der Waals surface area (Å²) in [5.74, 6) is 0.690. The fraction of sp³-hybridized carbons (Fsp3) is 0.217. The molecular weight excluding hydrogens is 532 g/mol. The van der Waals surface area contributed by atoms with E-state index in [1.54, 1.807) is 12.4 Å². The molecule has 1 saturated heterocycles. The molecule has 0 bridgehead atoms. The van der Waals surface area contributed by atoms with Crippen molar-refractivity contribution in [1.29, 1.82) is 0 Å². The number of benzene rings is 2. The molecule has 2 aromatic carbocycles. The molecule has 4 aromatic rings. The van der Waals surface area contributed by atoms with Gasteiger partial charge in [-0.15, -0.1) is 0 Å². The van der Waals surface area contributed by atoms with Gasteiger partial charge in [0, 0.05) is 38.7 Å². The van der Waals surface area contributed by atoms with Gasteiger partial charge in [0.1, 0.15) is 11.8 Å². The molecular formula is C23H19Br2ClN2O2. The fourth-order valence-corrected chi connectivity index (χ4v) is 4.28. The Hall–Kier alpha value is -1.73. The van der Waals surface area contributed by atoms with Gasteiger partial charge in [0.15, 0.2) is 0 Å². The summed E-state index contributed by atoms with van der Waals surface area (Å²) in [6.45, 7) is 1.44. The van der Waals surface area contributed by atoms with Crippen molar-refractivity contribution in [3.05, 3.63) is 75.0 Å². The molecule has 1 fully saturated rings. The molecule has 0 aliphatic carbocycles.